The monoisotopic (exact) mass is 248 g/mol. The molecule has 0 aliphatic rings. The average molecular weight is 248 g/mol. The second kappa shape index (κ2) is 5.34. The summed E-state index contributed by atoms with van der Waals surface area (Å²) in [4.78, 5) is 2.20. The van der Waals surface area contributed by atoms with Crippen LogP contribution in [0.15, 0.2) is 36.4 Å². The Kier molecular flexibility index (Phi) is 3.82. The zero-order chi connectivity index (χ0) is 12.3. The van der Waals surface area contributed by atoms with Gasteiger partial charge < -0.3 is 9.84 Å². The molecule has 2 nitrogen and oxygen atoms in total. The Labute approximate surface area is 105 Å². The van der Waals surface area contributed by atoms with Gasteiger partial charge in [0.25, 0.3) is 0 Å². The number of aliphatic hydroxyl groups is 1. The number of methoxy groups -OCH3 is 1. The molecule has 0 bridgehead atoms. The van der Waals surface area contributed by atoms with Crippen LogP contribution in [0.4, 0.5) is 0 Å². The molecule has 0 aliphatic carbocycles. The summed E-state index contributed by atoms with van der Waals surface area (Å²) >= 11 is 1.64. The van der Waals surface area contributed by atoms with Crippen molar-refractivity contribution in [2.24, 2.45) is 0 Å². The highest BCUT2D eigenvalue weighted by Gasteiger charge is 2.09. The van der Waals surface area contributed by atoms with E-state index in [1.54, 1.807) is 18.4 Å². The van der Waals surface area contributed by atoms with E-state index >= 15 is 0 Å². The minimum atomic E-state index is -0.341. The molecule has 1 unspecified atom stereocenters. The highest BCUT2D eigenvalue weighted by atomic mass is 32.1. The van der Waals surface area contributed by atoms with E-state index in [9.17, 15) is 5.11 Å². The molecule has 0 spiro atoms. The van der Waals surface area contributed by atoms with E-state index in [1.165, 1.54) is 4.88 Å². The first kappa shape index (κ1) is 12.1. The quantitative estimate of drug-likeness (QED) is 0.890. The molecule has 1 heterocycles. The SMILES string of the molecule is CCC(O)c1ccc(-c2ccc(OC)cc2)s1. The lowest BCUT2D eigenvalue weighted by Gasteiger charge is -2.03. The van der Waals surface area contributed by atoms with Gasteiger partial charge >= 0.3 is 0 Å². The van der Waals surface area contributed by atoms with Crippen molar-refractivity contribution in [3.63, 3.8) is 0 Å². The van der Waals surface area contributed by atoms with E-state index in [0.717, 1.165) is 22.6 Å². The molecule has 0 saturated carbocycles. The molecule has 3 heteroatoms. The lowest BCUT2D eigenvalue weighted by Crippen LogP contribution is -1.89. The Balaban J connectivity index is 2.24. The van der Waals surface area contributed by atoms with Crippen LogP contribution in [0.5, 0.6) is 5.75 Å². The molecule has 1 aromatic heterocycles. The molecule has 90 valence electrons. The van der Waals surface area contributed by atoms with Crippen molar-refractivity contribution in [3.8, 4) is 16.2 Å². The molecule has 2 aromatic rings. The summed E-state index contributed by atoms with van der Waals surface area (Å²) < 4.78 is 5.13. The van der Waals surface area contributed by atoms with Crippen molar-refractivity contribution in [2.45, 2.75) is 19.4 Å². The third-order valence-corrected chi connectivity index (χ3v) is 3.95. The van der Waals surface area contributed by atoms with Gasteiger partial charge in [-0.3, -0.25) is 0 Å². The van der Waals surface area contributed by atoms with Crippen LogP contribution in [-0.4, -0.2) is 12.2 Å². The predicted octanol–water partition coefficient (Wildman–Crippen LogP) is 3.87. The highest BCUT2D eigenvalue weighted by molar-refractivity contribution is 7.15. The van der Waals surface area contributed by atoms with Gasteiger partial charge in [0, 0.05) is 9.75 Å². The number of hydrogen-bond donors (Lipinski definition) is 1. The van der Waals surface area contributed by atoms with Gasteiger partial charge in [0.05, 0.1) is 13.2 Å². The molecule has 0 amide bonds. The Morgan fingerprint density at radius 3 is 2.47 bits per heavy atom. The number of thiophene rings is 1. The smallest absolute Gasteiger partial charge is 0.118 e. The number of benzene rings is 1. The largest absolute Gasteiger partial charge is 0.497 e. The summed E-state index contributed by atoms with van der Waals surface area (Å²) in [6.45, 7) is 1.98. The first-order valence-electron chi connectivity index (χ1n) is 5.66. The molecule has 0 fully saturated rings. The predicted molar refractivity (Wildman–Crippen MR) is 71.6 cm³/mol. The average Bonchev–Trinajstić information content (AvgIpc) is 2.87. The summed E-state index contributed by atoms with van der Waals surface area (Å²) in [6, 6.07) is 12.0. The maximum absolute atomic E-state index is 9.76. The van der Waals surface area contributed by atoms with Crippen molar-refractivity contribution >= 4 is 11.3 Å². The van der Waals surface area contributed by atoms with Crippen LogP contribution in [-0.2, 0) is 0 Å². The van der Waals surface area contributed by atoms with Crippen LogP contribution in [0, 0.1) is 0 Å². The minimum Gasteiger partial charge on any atom is -0.497 e. The maximum atomic E-state index is 9.76. The molecular weight excluding hydrogens is 232 g/mol. The van der Waals surface area contributed by atoms with Gasteiger partial charge in [-0.2, -0.15) is 0 Å². The van der Waals surface area contributed by atoms with Gasteiger partial charge in [0.2, 0.25) is 0 Å². The lowest BCUT2D eigenvalue weighted by molar-refractivity contribution is 0.177. The summed E-state index contributed by atoms with van der Waals surface area (Å²) in [5.74, 6) is 0.860. The normalized spacial score (nSPS) is 12.4. The molecule has 0 aliphatic heterocycles. The third kappa shape index (κ3) is 2.68. The zero-order valence-corrected chi connectivity index (χ0v) is 10.8. The van der Waals surface area contributed by atoms with Crippen LogP contribution in [0.3, 0.4) is 0 Å². The van der Waals surface area contributed by atoms with E-state index in [1.807, 2.05) is 37.3 Å². The molecule has 0 saturated heterocycles. The summed E-state index contributed by atoms with van der Waals surface area (Å²) in [6.07, 6.45) is 0.412. The van der Waals surface area contributed by atoms with Gasteiger partial charge in [0.1, 0.15) is 5.75 Å². The van der Waals surface area contributed by atoms with E-state index in [2.05, 4.69) is 6.07 Å². The lowest BCUT2D eigenvalue weighted by atomic mass is 10.2. The number of rotatable bonds is 4. The fraction of sp³-hybridized carbons (Fsp3) is 0.286. The van der Waals surface area contributed by atoms with E-state index in [4.69, 9.17) is 4.74 Å². The number of aliphatic hydroxyl groups excluding tert-OH is 1. The molecule has 0 radical (unpaired) electrons. The zero-order valence-electron chi connectivity index (χ0n) is 10.0. The van der Waals surface area contributed by atoms with Crippen LogP contribution < -0.4 is 4.74 Å². The maximum Gasteiger partial charge on any atom is 0.118 e. The van der Waals surface area contributed by atoms with Crippen molar-refractivity contribution < 1.29 is 9.84 Å². The Hall–Kier alpha value is -1.32. The van der Waals surface area contributed by atoms with Gasteiger partial charge in [0.15, 0.2) is 0 Å². The fourth-order valence-corrected chi connectivity index (χ4v) is 2.73. The van der Waals surface area contributed by atoms with Gasteiger partial charge in [-0.05, 0) is 48.4 Å². The second-order valence-corrected chi connectivity index (χ2v) is 4.97. The molecule has 1 aromatic carbocycles. The van der Waals surface area contributed by atoms with E-state index in [0.29, 0.717) is 0 Å². The fourth-order valence-electron chi connectivity index (χ4n) is 1.64. The van der Waals surface area contributed by atoms with Crippen LogP contribution in [0.2, 0.25) is 0 Å². The van der Waals surface area contributed by atoms with Crippen LogP contribution in [0.25, 0.3) is 10.4 Å². The van der Waals surface area contributed by atoms with Gasteiger partial charge in [-0.25, -0.2) is 0 Å². The summed E-state index contributed by atoms with van der Waals surface area (Å²) in [7, 11) is 1.66. The van der Waals surface area contributed by atoms with Crippen molar-refractivity contribution in [2.75, 3.05) is 7.11 Å². The Morgan fingerprint density at radius 1 is 1.18 bits per heavy atom. The number of ether oxygens (including phenoxy) is 1. The Bertz CT molecular complexity index is 473. The van der Waals surface area contributed by atoms with Crippen LogP contribution >= 0.6 is 11.3 Å². The minimum absolute atomic E-state index is 0.341. The van der Waals surface area contributed by atoms with Crippen molar-refractivity contribution in [1.82, 2.24) is 0 Å². The Morgan fingerprint density at radius 2 is 1.88 bits per heavy atom. The highest BCUT2D eigenvalue weighted by Crippen LogP contribution is 2.33. The topological polar surface area (TPSA) is 29.5 Å². The summed E-state index contributed by atoms with van der Waals surface area (Å²) in [5.41, 5.74) is 1.16. The van der Waals surface area contributed by atoms with E-state index < -0.39 is 0 Å². The molecule has 1 N–H and O–H groups in total. The third-order valence-electron chi connectivity index (χ3n) is 2.72. The van der Waals surface area contributed by atoms with Crippen molar-refractivity contribution in [1.29, 1.82) is 0 Å². The van der Waals surface area contributed by atoms with Crippen molar-refractivity contribution in [3.05, 3.63) is 41.3 Å². The van der Waals surface area contributed by atoms with Gasteiger partial charge in [-0.1, -0.05) is 6.92 Å². The van der Waals surface area contributed by atoms with E-state index in [-0.39, 0.29) is 6.10 Å². The van der Waals surface area contributed by atoms with Crippen LogP contribution in [0.1, 0.15) is 24.3 Å². The molecular formula is C14H16O2S. The first-order chi connectivity index (χ1) is 8.24. The number of hydrogen-bond acceptors (Lipinski definition) is 3. The summed E-state index contributed by atoms with van der Waals surface area (Å²) in [5, 5.41) is 9.76. The molecule has 1 atom stereocenters. The first-order valence-corrected chi connectivity index (χ1v) is 6.48. The molecule has 2 rings (SSSR count). The second-order valence-electron chi connectivity index (χ2n) is 3.85. The molecule has 17 heavy (non-hydrogen) atoms. The standard InChI is InChI=1S/C14H16O2S/c1-3-12(15)14-9-8-13(17-14)10-4-6-11(16-2)7-5-10/h4-9,12,15H,3H2,1-2H3. The van der Waals surface area contributed by atoms with Gasteiger partial charge in [-0.15, -0.1) is 11.3 Å².